The summed E-state index contributed by atoms with van der Waals surface area (Å²) in [5, 5.41) is 7.97. The second-order valence-corrected chi connectivity index (χ2v) is 5.09. The van der Waals surface area contributed by atoms with Gasteiger partial charge in [-0.1, -0.05) is 13.3 Å². The van der Waals surface area contributed by atoms with Gasteiger partial charge in [-0.15, -0.1) is 0 Å². The molecule has 0 aliphatic carbocycles. The molecule has 1 fully saturated rings. The Kier molecular flexibility index (Phi) is 5.20. The molecule has 102 valence electrons. The summed E-state index contributed by atoms with van der Waals surface area (Å²) in [6.07, 6.45) is 5.44. The summed E-state index contributed by atoms with van der Waals surface area (Å²) in [6.45, 7) is 6.34. The van der Waals surface area contributed by atoms with E-state index in [1.54, 1.807) is 7.11 Å². The molecular weight excluding hydrogens is 226 g/mol. The van der Waals surface area contributed by atoms with Crippen molar-refractivity contribution in [1.29, 1.82) is 0 Å². The van der Waals surface area contributed by atoms with Gasteiger partial charge in [0.1, 0.15) is 0 Å². The fourth-order valence-corrected chi connectivity index (χ4v) is 2.94. The van der Waals surface area contributed by atoms with Crippen LogP contribution < -0.4 is 5.32 Å². The van der Waals surface area contributed by atoms with Crippen LogP contribution in [0.2, 0.25) is 0 Å². The molecule has 1 aliphatic rings. The van der Waals surface area contributed by atoms with Gasteiger partial charge in [0.05, 0.1) is 0 Å². The average Bonchev–Trinajstić information content (AvgIpc) is 2.87. The van der Waals surface area contributed by atoms with Gasteiger partial charge in [0.2, 0.25) is 0 Å². The Morgan fingerprint density at radius 1 is 1.56 bits per heavy atom. The monoisotopic (exact) mass is 251 g/mol. The highest BCUT2D eigenvalue weighted by molar-refractivity contribution is 5.11. The summed E-state index contributed by atoms with van der Waals surface area (Å²) < 4.78 is 7.29. The van der Waals surface area contributed by atoms with E-state index in [0.29, 0.717) is 5.92 Å². The van der Waals surface area contributed by atoms with Gasteiger partial charge < -0.3 is 10.1 Å². The van der Waals surface area contributed by atoms with Crippen LogP contribution in [-0.2, 0) is 11.3 Å². The molecule has 1 aromatic rings. The first-order chi connectivity index (χ1) is 8.86. The maximum Gasteiger partial charge on any atom is 0.0492 e. The molecule has 2 heterocycles. The van der Waals surface area contributed by atoms with Gasteiger partial charge in [0.25, 0.3) is 0 Å². The highest BCUT2D eigenvalue weighted by atomic mass is 16.5. The predicted molar refractivity (Wildman–Crippen MR) is 72.7 cm³/mol. The number of rotatable bonds is 6. The van der Waals surface area contributed by atoms with Crippen LogP contribution in [0.15, 0.2) is 12.3 Å². The lowest BCUT2D eigenvalue weighted by Gasteiger charge is -2.32. The van der Waals surface area contributed by atoms with Crippen molar-refractivity contribution in [3.05, 3.63) is 18.0 Å². The van der Waals surface area contributed by atoms with Gasteiger partial charge in [-0.2, -0.15) is 5.10 Å². The smallest absolute Gasteiger partial charge is 0.0492 e. The molecule has 0 saturated carbocycles. The fraction of sp³-hybridized carbons (Fsp3) is 0.786. The standard InChI is InChI=1S/C14H25N3O/c1-3-12-11-15-7-5-13(12)14-6-8-16-17(14)9-4-10-18-2/h6,8,12-13,15H,3-5,7,9-11H2,1-2H3. The van der Waals surface area contributed by atoms with Crippen molar-refractivity contribution < 1.29 is 4.74 Å². The summed E-state index contributed by atoms with van der Waals surface area (Å²) in [5.74, 6) is 1.41. The topological polar surface area (TPSA) is 39.1 Å². The Hall–Kier alpha value is -0.870. The number of piperidine rings is 1. The lowest BCUT2D eigenvalue weighted by Crippen LogP contribution is -2.36. The molecule has 1 N–H and O–H groups in total. The highest BCUT2D eigenvalue weighted by Crippen LogP contribution is 2.32. The largest absolute Gasteiger partial charge is 0.385 e. The van der Waals surface area contributed by atoms with Gasteiger partial charge in [0, 0.05) is 38.1 Å². The molecule has 4 heteroatoms. The van der Waals surface area contributed by atoms with Crippen LogP contribution in [-0.4, -0.2) is 36.6 Å². The van der Waals surface area contributed by atoms with Crippen molar-refractivity contribution in [2.24, 2.45) is 5.92 Å². The normalized spacial score (nSPS) is 24.3. The predicted octanol–water partition coefficient (Wildman–Crippen LogP) is 2.02. The number of hydrogen-bond donors (Lipinski definition) is 1. The van der Waals surface area contributed by atoms with E-state index < -0.39 is 0 Å². The van der Waals surface area contributed by atoms with E-state index in [1.165, 1.54) is 18.5 Å². The molecule has 0 radical (unpaired) electrons. The third kappa shape index (κ3) is 3.12. The van der Waals surface area contributed by atoms with Crippen LogP contribution >= 0.6 is 0 Å². The first kappa shape index (κ1) is 13.6. The van der Waals surface area contributed by atoms with E-state index in [2.05, 4.69) is 28.1 Å². The number of aryl methyl sites for hydroxylation is 1. The molecule has 1 aliphatic heterocycles. The minimum Gasteiger partial charge on any atom is -0.385 e. The van der Waals surface area contributed by atoms with Crippen molar-refractivity contribution in [1.82, 2.24) is 15.1 Å². The Labute approximate surface area is 110 Å². The van der Waals surface area contributed by atoms with Crippen molar-refractivity contribution in [3.63, 3.8) is 0 Å². The first-order valence-electron chi connectivity index (χ1n) is 7.08. The number of nitrogens with zero attached hydrogens (tertiary/aromatic N) is 2. The minimum atomic E-state index is 0.668. The SMILES string of the molecule is CCC1CNCCC1c1ccnn1CCCOC. The molecule has 0 bridgehead atoms. The van der Waals surface area contributed by atoms with Crippen LogP contribution in [0.1, 0.15) is 37.8 Å². The molecule has 2 atom stereocenters. The molecule has 1 saturated heterocycles. The number of aromatic nitrogens is 2. The Morgan fingerprint density at radius 2 is 2.44 bits per heavy atom. The summed E-state index contributed by atoms with van der Waals surface area (Å²) in [5.41, 5.74) is 1.42. The first-order valence-corrected chi connectivity index (χ1v) is 7.08. The minimum absolute atomic E-state index is 0.668. The molecule has 0 spiro atoms. The van der Waals surface area contributed by atoms with Crippen molar-refractivity contribution in [2.45, 2.75) is 38.6 Å². The van der Waals surface area contributed by atoms with Crippen molar-refractivity contribution in [2.75, 3.05) is 26.8 Å². The van der Waals surface area contributed by atoms with Crippen LogP contribution in [0.5, 0.6) is 0 Å². The van der Waals surface area contributed by atoms with E-state index in [9.17, 15) is 0 Å². The third-order valence-electron chi connectivity index (χ3n) is 3.98. The van der Waals surface area contributed by atoms with Crippen LogP contribution in [0.3, 0.4) is 0 Å². The molecule has 18 heavy (non-hydrogen) atoms. The number of hydrogen-bond acceptors (Lipinski definition) is 3. The van der Waals surface area contributed by atoms with Gasteiger partial charge in [-0.25, -0.2) is 0 Å². The van der Waals surface area contributed by atoms with Crippen LogP contribution in [0, 0.1) is 5.92 Å². The van der Waals surface area contributed by atoms with Crippen molar-refractivity contribution >= 4 is 0 Å². The number of ether oxygens (including phenoxy) is 1. The van der Waals surface area contributed by atoms with Gasteiger partial charge in [-0.05, 0) is 37.9 Å². The summed E-state index contributed by atoms with van der Waals surface area (Å²) >= 11 is 0. The van der Waals surface area contributed by atoms with Crippen LogP contribution in [0.4, 0.5) is 0 Å². The quantitative estimate of drug-likeness (QED) is 0.786. The van der Waals surface area contributed by atoms with E-state index in [4.69, 9.17) is 4.74 Å². The van der Waals surface area contributed by atoms with E-state index in [0.717, 1.165) is 38.6 Å². The van der Waals surface area contributed by atoms with E-state index in [-0.39, 0.29) is 0 Å². The van der Waals surface area contributed by atoms with Crippen molar-refractivity contribution in [3.8, 4) is 0 Å². The molecule has 1 aromatic heterocycles. The highest BCUT2D eigenvalue weighted by Gasteiger charge is 2.27. The summed E-state index contributed by atoms with van der Waals surface area (Å²) in [6, 6.07) is 2.20. The summed E-state index contributed by atoms with van der Waals surface area (Å²) in [7, 11) is 1.75. The van der Waals surface area contributed by atoms with Gasteiger partial charge >= 0.3 is 0 Å². The molecular formula is C14H25N3O. The maximum atomic E-state index is 5.12. The zero-order valence-electron chi connectivity index (χ0n) is 11.6. The van der Waals surface area contributed by atoms with E-state index >= 15 is 0 Å². The molecule has 2 rings (SSSR count). The fourth-order valence-electron chi connectivity index (χ4n) is 2.94. The number of methoxy groups -OCH3 is 1. The number of nitrogens with one attached hydrogen (secondary N) is 1. The zero-order valence-corrected chi connectivity index (χ0v) is 11.6. The second kappa shape index (κ2) is 6.90. The summed E-state index contributed by atoms with van der Waals surface area (Å²) in [4.78, 5) is 0. The lowest BCUT2D eigenvalue weighted by atomic mass is 9.82. The van der Waals surface area contributed by atoms with Crippen LogP contribution in [0.25, 0.3) is 0 Å². The Bertz CT molecular complexity index is 351. The second-order valence-electron chi connectivity index (χ2n) is 5.09. The lowest BCUT2D eigenvalue weighted by molar-refractivity contribution is 0.187. The average molecular weight is 251 g/mol. The molecule has 0 aromatic carbocycles. The zero-order chi connectivity index (χ0) is 12.8. The third-order valence-corrected chi connectivity index (χ3v) is 3.98. The van der Waals surface area contributed by atoms with Gasteiger partial charge in [-0.3, -0.25) is 4.68 Å². The van der Waals surface area contributed by atoms with E-state index in [1.807, 2.05) is 6.20 Å². The molecule has 4 nitrogen and oxygen atoms in total. The Balaban J connectivity index is 2.04. The Morgan fingerprint density at radius 3 is 3.22 bits per heavy atom. The molecule has 2 unspecified atom stereocenters. The maximum absolute atomic E-state index is 5.12. The molecule has 0 amide bonds. The van der Waals surface area contributed by atoms with Gasteiger partial charge in [0.15, 0.2) is 0 Å².